The average Bonchev–Trinajstić information content (AvgIpc) is 2.45. The summed E-state index contributed by atoms with van der Waals surface area (Å²) < 4.78 is 5.27. The van der Waals surface area contributed by atoms with Gasteiger partial charge in [0.1, 0.15) is 5.75 Å². The Morgan fingerprint density at radius 3 is 2.45 bits per heavy atom. The molecule has 2 rings (SSSR count). The van der Waals surface area contributed by atoms with Crippen LogP contribution < -0.4 is 10.1 Å². The molecule has 0 atom stereocenters. The number of hydrogen-bond donors (Lipinski definition) is 1. The Kier molecular flexibility index (Phi) is 5.09. The van der Waals surface area contributed by atoms with E-state index in [-0.39, 0.29) is 0 Å². The van der Waals surface area contributed by atoms with Crippen LogP contribution in [-0.2, 0) is 6.54 Å². The van der Waals surface area contributed by atoms with Crippen molar-refractivity contribution in [2.24, 2.45) is 11.3 Å². The second-order valence-electron chi connectivity index (χ2n) is 7.15. The van der Waals surface area contributed by atoms with Gasteiger partial charge in [-0.15, -0.1) is 0 Å². The highest BCUT2D eigenvalue weighted by molar-refractivity contribution is 5.28. The molecule has 0 unspecified atom stereocenters. The normalized spacial score (nSPS) is 23.6. The lowest BCUT2D eigenvalue weighted by Crippen LogP contribution is -2.35. The van der Waals surface area contributed by atoms with Gasteiger partial charge in [-0.1, -0.05) is 32.9 Å². The summed E-state index contributed by atoms with van der Waals surface area (Å²) in [7, 11) is 1.72. The van der Waals surface area contributed by atoms with Gasteiger partial charge in [-0.25, -0.2) is 0 Å². The zero-order valence-electron chi connectivity index (χ0n) is 13.4. The van der Waals surface area contributed by atoms with Crippen molar-refractivity contribution >= 4 is 0 Å². The molecule has 20 heavy (non-hydrogen) atoms. The van der Waals surface area contributed by atoms with Crippen LogP contribution in [-0.4, -0.2) is 13.2 Å². The summed E-state index contributed by atoms with van der Waals surface area (Å²) in [5, 5.41) is 3.71. The first-order chi connectivity index (χ1) is 9.49. The van der Waals surface area contributed by atoms with E-state index in [4.69, 9.17) is 4.74 Å². The van der Waals surface area contributed by atoms with E-state index in [1.165, 1.54) is 31.2 Å². The van der Waals surface area contributed by atoms with Crippen molar-refractivity contribution in [2.75, 3.05) is 7.11 Å². The number of benzene rings is 1. The van der Waals surface area contributed by atoms with E-state index in [9.17, 15) is 0 Å². The third-order valence-corrected chi connectivity index (χ3v) is 4.68. The molecule has 1 aromatic carbocycles. The Morgan fingerprint density at radius 2 is 1.85 bits per heavy atom. The minimum atomic E-state index is 0.470. The first-order valence-electron chi connectivity index (χ1n) is 7.85. The number of hydrogen-bond acceptors (Lipinski definition) is 2. The molecule has 0 radical (unpaired) electrons. The van der Waals surface area contributed by atoms with Crippen LogP contribution in [0.1, 0.15) is 52.0 Å². The van der Waals surface area contributed by atoms with Crippen molar-refractivity contribution < 1.29 is 4.74 Å². The highest BCUT2D eigenvalue weighted by atomic mass is 16.5. The zero-order valence-corrected chi connectivity index (χ0v) is 13.4. The maximum atomic E-state index is 5.27. The fourth-order valence-electron chi connectivity index (χ4n) is 3.21. The molecule has 0 saturated heterocycles. The molecule has 1 aliphatic carbocycles. The number of ether oxygens (including phenoxy) is 1. The standard InChI is InChI=1S/C18H29NO/c1-18(2,3)15-8-10-16(11-9-15)19-13-14-6-5-7-17(12-14)20-4/h5-7,12,15-16,19H,8-11,13H2,1-4H3. The first kappa shape index (κ1) is 15.4. The number of nitrogens with one attached hydrogen (secondary N) is 1. The van der Waals surface area contributed by atoms with Crippen LogP contribution in [0.3, 0.4) is 0 Å². The highest BCUT2D eigenvalue weighted by Crippen LogP contribution is 2.37. The van der Waals surface area contributed by atoms with E-state index >= 15 is 0 Å². The molecule has 0 heterocycles. The van der Waals surface area contributed by atoms with Gasteiger partial charge in [0.2, 0.25) is 0 Å². The Hall–Kier alpha value is -1.02. The van der Waals surface area contributed by atoms with Crippen LogP contribution in [0.2, 0.25) is 0 Å². The molecule has 1 aromatic rings. The summed E-state index contributed by atoms with van der Waals surface area (Å²) in [6, 6.07) is 9.02. The monoisotopic (exact) mass is 275 g/mol. The molecule has 0 amide bonds. The smallest absolute Gasteiger partial charge is 0.119 e. The molecule has 1 N–H and O–H groups in total. The molecule has 0 bridgehead atoms. The van der Waals surface area contributed by atoms with Gasteiger partial charge in [-0.05, 0) is 54.7 Å². The van der Waals surface area contributed by atoms with Crippen molar-refractivity contribution in [1.29, 1.82) is 0 Å². The lowest BCUT2D eigenvalue weighted by Gasteiger charge is -2.37. The van der Waals surface area contributed by atoms with Crippen LogP contribution in [0.25, 0.3) is 0 Å². The van der Waals surface area contributed by atoms with Crippen LogP contribution >= 0.6 is 0 Å². The molecule has 2 nitrogen and oxygen atoms in total. The Morgan fingerprint density at radius 1 is 1.15 bits per heavy atom. The SMILES string of the molecule is COc1cccc(CNC2CCC(C(C)(C)C)CC2)c1. The van der Waals surface area contributed by atoms with Gasteiger partial charge < -0.3 is 10.1 Å². The van der Waals surface area contributed by atoms with Crippen molar-refractivity contribution in [1.82, 2.24) is 5.32 Å². The fraction of sp³-hybridized carbons (Fsp3) is 0.667. The van der Waals surface area contributed by atoms with E-state index in [1.54, 1.807) is 7.11 Å². The van der Waals surface area contributed by atoms with Crippen molar-refractivity contribution in [3.63, 3.8) is 0 Å². The van der Waals surface area contributed by atoms with Gasteiger partial charge in [-0.3, -0.25) is 0 Å². The quantitative estimate of drug-likeness (QED) is 0.880. The summed E-state index contributed by atoms with van der Waals surface area (Å²) in [4.78, 5) is 0. The largest absolute Gasteiger partial charge is 0.497 e. The highest BCUT2D eigenvalue weighted by Gasteiger charge is 2.29. The molecule has 0 aromatic heterocycles. The lowest BCUT2D eigenvalue weighted by atomic mass is 9.71. The van der Waals surface area contributed by atoms with Gasteiger partial charge in [0.05, 0.1) is 7.11 Å². The van der Waals surface area contributed by atoms with E-state index in [0.717, 1.165) is 18.2 Å². The molecule has 112 valence electrons. The van der Waals surface area contributed by atoms with E-state index < -0.39 is 0 Å². The predicted molar refractivity (Wildman–Crippen MR) is 85.0 cm³/mol. The van der Waals surface area contributed by atoms with Crippen LogP contribution in [0, 0.1) is 11.3 Å². The third-order valence-electron chi connectivity index (χ3n) is 4.68. The summed E-state index contributed by atoms with van der Waals surface area (Å²) in [5.74, 6) is 1.83. The minimum absolute atomic E-state index is 0.470. The predicted octanol–water partition coefficient (Wildman–Crippen LogP) is 4.39. The van der Waals surface area contributed by atoms with Gasteiger partial charge in [0, 0.05) is 12.6 Å². The van der Waals surface area contributed by atoms with E-state index in [2.05, 4.69) is 44.3 Å². The van der Waals surface area contributed by atoms with Gasteiger partial charge >= 0.3 is 0 Å². The molecular weight excluding hydrogens is 246 g/mol. The van der Waals surface area contributed by atoms with E-state index in [0.29, 0.717) is 11.5 Å². The zero-order chi connectivity index (χ0) is 14.6. The summed E-state index contributed by atoms with van der Waals surface area (Å²) >= 11 is 0. The molecule has 1 saturated carbocycles. The lowest BCUT2D eigenvalue weighted by molar-refractivity contribution is 0.160. The summed E-state index contributed by atoms with van der Waals surface area (Å²) in [6.45, 7) is 8.08. The first-order valence-corrected chi connectivity index (χ1v) is 7.85. The van der Waals surface area contributed by atoms with Crippen molar-refractivity contribution in [3.05, 3.63) is 29.8 Å². The summed E-state index contributed by atoms with van der Waals surface area (Å²) in [5.41, 5.74) is 1.78. The number of methoxy groups -OCH3 is 1. The Bertz CT molecular complexity index is 414. The molecule has 1 fully saturated rings. The minimum Gasteiger partial charge on any atom is -0.497 e. The van der Waals surface area contributed by atoms with Gasteiger partial charge in [-0.2, -0.15) is 0 Å². The fourth-order valence-corrected chi connectivity index (χ4v) is 3.21. The molecule has 0 spiro atoms. The van der Waals surface area contributed by atoms with Crippen LogP contribution in [0.4, 0.5) is 0 Å². The average molecular weight is 275 g/mol. The van der Waals surface area contributed by atoms with E-state index in [1.807, 2.05) is 6.07 Å². The van der Waals surface area contributed by atoms with Gasteiger partial charge in [0.25, 0.3) is 0 Å². The second-order valence-corrected chi connectivity index (χ2v) is 7.15. The van der Waals surface area contributed by atoms with Gasteiger partial charge in [0.15, 0.2) is 0 Å². The second kappa shape index (κ2) is 6.62. The molecule has 0 aliphatic heterocycles. The van der Waals surface area contributed by atoms with Crippen LogP contribution in [0.15, 0.2) is 24.3 Å². The Labute approximate surface area is 123 Å². The molecule has 1 aliphatic rings. The maximum absolute atomic E-state index is 5.27. The Balaban J connectivity index is 1.78. The maximum Gasteiger partial charge on any atom is 0.119 e. The summed E-state index contributed by atoms with van der Waals surface area (Å²) in [6.07, 6.45) is 5.34. The van der Waals surface area contributed by atoms with Crippen LogP contribution in [0.5, 0.6) is 5.75 Å². The molecule has 2 heteroatoms. The third kappa shape index (κ3) is 4.24. The van der Waals surface area contributed by atoms with Crippen molar-refractivity contribution in [2.45, 2.75) is 59.0 Å². The number of rotatable bonds is 4. The molecular formula is C18H29NO. The van der Waals surface area contributed by atoms with Crippen molar-refractivity contribution in [3.8, 4) is 5.75 Å². The topological polar surface area (TPSA) is 21.3 Å².